The molecule has 2 fully saturated rings. The van der Waals surface area contributed by atoms with Crippen LogP contribution in [0.25, 0.3) is 0 Å². The summed E-state index contributed by atoms with van der Waals surface area (Å²) in [6, 6.07) is 0.285. The van der Waals surface area contributed by atoms with E-state index in [4.69, 9.17) is 9.47 Å². The van der Waals surface area contributed by atoms with Crippen LogP contribution in [0.5, 0.6) is 0 Å². The van der Waals surface area contributed by atoms with Gasteiger partial charge in [-0.25, -0.2) is 0 Å². The Bertz CT molecular complexity index is 267. The zero-order valence-electron chi connectivity index (χ0n) is 11.0. The first-order valence-corrected chi connectivity index (χ1v) is 7.02. The van der Waals surface area contributed by atoms with Gasteiger partial charge < -0.3 is 14.8 Å². The fourth-order valence-electron chi connectivity index (χ4n) is 2.77. The van der Waals surface area contributed by atoms with Crippen LogP contribution in [0.2, 0.25) is 0 Å². The van der Waals surface area contributed by atoms with Crippen LogP contribution in [0.15, 0.2) is 0 Å². The first kappa shape index (κ1) is 15.1. The number of alkyl halides is 3. The van der Waals surface area contributed by atoms with Gasteiger partial charge in [-0.1, -0.05) is 0 Å². The van der Waals surface area contributed by atoms with E-state index in [1.165, 1.54) is 0 Å². The molecule has 112 valence electrons. The molecule has 1 N–H and O–H groups in total. The highest BCUT2D eigenvalue weighted by atomic mass is 19.4. The highest BCUT2D eigenvalue weighted by molar-refractivity contribution is 4.80. The van der Waals surface area contributed by atoms with Crippen LogP contribution in [0.3, 0.4) is 0 Å². The minimum atomic E-state index is -4.22. The molecule has 0 radical (unpaired) electrons. The zero-order valence-corrected chi connectivity index (χ0v) is 11.0. The van der Waals surface area contributed by atoms with Crippen molar-refractivity contribution in [1.29, 1.82) is 0 Å². The average Bonchev–Trinajstić information content (AvgIpc) is 2.87. The largest absolute Gasteiger partial charge is 0.411 e. The minimum absolute atomic E-state index is 0.257. The Balaban J connectivity index is 1.65. The molecule has 3 unspecified atom stereocenters. The lowest BCUT2D eigenvalue weighted by Crippen LogP contribution is -2.40. The van der Waals surface area contributed by atoms with Gasteiger partial charge in [0.15, 0.2) is 0 Å². The van der Waals surface area contributed by atoms with E-state index in [0.29, 0.717) is 12.3 Å². The van der Waals surface area contributed by atoms with Gasteiger partial charge in [0, 0.05) is 19.2 Å². The smallest absolute Gasteiger partial charge is 0.381 e. The lowest BCUT2D eigenvalue weighted by molar-refractivity contribution is -0.188. The maximum absolute atomic E-state index is 12.1. The summed E-state index contributed by atoms with van der Waals surface area (Å²) in [5, 5.41) is 3.45. The van der Waals surface area contributed by atoms with Gasteiger partial charge in [0.1, 0.15) is 6.61 Å². The van der Waals surface area contributed by atoms with Crippen molar-refractivity contribution in [1.82, 2.24) is 5.32 Å². The number of hydrogen-bond donors (Lipinski definition) is 1. The van der Waals surface area contributed by atoms with E-state index in [9.17, 15) is 13.2 Å². The topological polar surface area (TPSA) is 30.5 Å². The zero-order chi connectivity index (χ0) is 13.7. The minimum Gasteiger partial charge on any atom is -0.381 e. The Morgan fingerprint density at radius 3 is 2.74 bits per heavy atom. The first-order valence-electron chi connectivity index (χ1n) is 7.02. The summed E-state index contributed by atoms with van der Waals surface area (Å²) in [4.78, 5) is 0. The van der Waals surface area contributed by atoms with E-state index >= 15 is 0 Å². The van der Waals surface area contributed by atoms with Crippen LogP contribution < -0.4 is 5.32 Å². The van der Waals surface area contributed by atoms with Gasteiger partial charge in [-0.05, 0) is 38.0 Å². The van der Waals surface area contributed by atoms with E-state index in [-0.39, 0.29) is 12.1 Å². The van der Waals surface area contributed by atoms with Crippen molar-refractivity contribution in [2.75, 3.05) is 26.4 Å². The summed E-state index contributed by atoms with van der Waals surface area (Å²) in [7, 11) is 0. The SMILES string of the molecule is FC(F)(F)COC1CCCC(NCC2CCOC2)C1. The number of ether oxygens (including phenoxy) is 2. The van der Waals surface area contributed by atoms with Crippen molar-refractivity contribution in [3.05, 3.63) is 0 Å². The molecule has 1 aliphatic carbocycles. The van der Waals surface area contributed by atoms with E-state index in [0.717, 1.165) is 45.4 Å². The molecule has 3 atom stereocenters. The van der Waals surface area contributed by atoms with Gasteiger partial charge in [-0.15, -0.1) is 0 Å². The Labute approximate surface area is 111 Å². The third-order valence-electron chi connectivity index (χ3n) is 3.83. The standard InChI is InChI=1S/C13H22F3NO2/c14-13(15,16)9-19-12-3-1-2-11(6-12)17-7-10-4-5-18-8-10/h10-12,17H,1-9H2. The predicted octanol–water partition coefficient (Wildman–Crippen LogP) is 2.50. The fraction of sp³-hybridized carbons (Fsp3) is 1.00. The van der Waals surface area contributed by atoms with Crippen molar-refractivity contribution >= 4 is 0 Å². The van der Waals surface area contributed by atoms with Crippen molar-refractivity contribution in [2.45, 2.75) is 50.4 Å². The Morgan fingerprint density at radius 2 is 2.05 bits per heavy atom. The molecule has 1 aliphatic heterocycles. The van der Waals surface area contributed by atoms with Crippen LogP contribution >= 0.6 is 0 Å². The molecular formula is C13H22F3NO2. The second-order valence-electron chi connectivity index (χ2n) is 5.55. The van der Waals surface area contributed by atoms with Crippen LogP contribution in [-0.4, -0.2) is 44.7 Å². The van der Waals surface area contributed by atoms with Gasteiger partial charge in [0.2, 0.25) is 0 Å². The van der Waals surface area contributed by atoms with Crippen LogP contribution in [-0.2, 0) is 9.47 Å². The number of nitrogens with one attached hydrogen (secondary N) is 1. The number of halogens is 3. The highest BCUT2D eigenvalue weighted by Crippen LogP contribution is 2.24. The predicted molar refractivity (Wildman–Crippen MR) is 65.0 cm³/mol. The van der Waals surface area contributed by atoms with Crippen LogP contribution in [0.1, 0.15) is 32.1 Å². The third-order valence-corrected chi connectivity index (χ3v) is 3.83. The van der Waals surface area contributed by atoms with Gasteiger partial charge in [0.05, 0.1) is 12.7 Å². The maximum Gasteiger partial charge on any atom is 0.411 e. The molecule has 1 saturated carbocycles. The molecule has 3 nitrogen and oxygen atoms in total. The Morgan fingerprint density at radius 1 is 1.21 bits per heavy atom. The van der Waals surface area contributed by atoms with Gasteiger partial charge in [0.25, 0.3) is 0 Å². The summed E-state index contributed by atoms with van der Waals surface area (Å²) in [5.41, 5.74) is 0. The van der Waals surface area contributed by atoms with Gasteiger partial charge in [-0.3, -0.25) is 0 Å². The third kappa shape index (κ3) is 5.67. The summed E-state index contributed by atoms with van der Waals surface area (Å²) in [6.45, 7) is 1.40. The normalized spacial score (nSPS) is 32.7. The van der Waals surface area contributed by atoms with Crippen molar-refractivity contribution in [2.24, 2.45) is 5.92 Å². The van der Waals surface area contributed by atoms with Crippen molar-refractivity contribution in [3.63, 3.8) is 0 Å². The molecule has 2 rings (SSSR count). The Kier molecular flexibility index (Phi) is 5.47. The molecule has 0 aromatic heterocycles. The van der Waals surface area contributed by atoms with Crippen LogP contribution in [0.4, 0.5) is 13.2 Å². The molecule has 0 spiro atoms. The van der Waals surface area contributed by atoms with E-state index < -0.39 is 12.8 Å². The quantitative estimate of drug-likeness (QED) is 0.840. The van der Waals surface area contributed by atoms with E-state index in [1.54, 1.807) is 0 Å². The molecule has 0 amide bonds. The molecule has 0 bridgehead atoms. The summed E-state index contributed by atoms with van der Waals surface area (Å²) < 4.78 is 46.6. The fourth-order valence-corrected chi connectivity index (χ4v) is 2.77. The van der Waals surface area contributed by atoms with Crippen LogP contribution in [0, 0.1) is 5.92 Å². The molecule has 19 heavy (non-hydrogen) atoms. The molecular weight excluding hydrogens is 259 g/mol. The second kappa shape index (κ2) is 6.90. The summed E-state index contributed by atoms with van der Waals surface area (Å²) in [5.74, 6) is 0.552. The molecule has 1 saturated heterocycles. The monoisotopic (exact) mass is 281 g/mol. The van der Waals surface area contributed by atoms with E-state index in [1.807, 2.05) is 0 Å². The Hall–Kier alpha value is -0.330. The van der Waals surface area contributed by atoms with Gasteiger partial charge >= 0.3 is 6.18 Å². The average molecular weight is 281 g/mol. The van der Waals surface area contributed by atoms with Gasteiger partial charge in [-0.2, -0.15) is 13.2 Å². The second-order valence-corrected chi connectivity index (χ2v) is 5.55. The lowest BCUT2D eigenvalue weighted by atomic mass is 9.92. The highest BCUT2D eigenvalue weighted by Gasteiger charge is 2.31. The number of hydrogen-bond acceptors (Lipinski definition) is 3. The first-order chi connectivity index (χ1) is 9.03. The lowest BCUT2D eigenvalue weighted by Gasteiger charge is -2.30. The van der Waals surface area contributed by atoms with E-state index in [2.05, 4.69) is 5.32 Å². The molecule has 1 heterocycles. The van der Waals surface area contributed by atoms with Crippen molar-refractivity contribution < 1.29 is 22.6 Å². The van der Waals surface area contributed by atoms with Crippen molar-refractivity contribution in [3.8, 4) is 0 Å². The molecule has 0 aromatic carbocycles. The number of rotatable bonds is 5. The molecule has 0 aromatic rings. The maximum atomic E-state index is 12.1. The summed E-state index contributed by atoms with van der Waals surface area (Å²) in [6.07, 6.45) is -0.0201. The molecule has 6 heteroatoms. The molecule has 2 aliphatic rings. The summed E-state index contributed by atoms with van der Waals surface area (Å²) >= 11 is 0.